The van der Waals surface area contributed by atoms with Crippen molar-refractivity contribution in [1.29, 1.82) is 0 Å². The molecule has 0 radical (unpaired) electrons. The number of furan rings is 1. The summed E-state index contributed by atoms with van der Waals surface area (Å²) in [6.07, 6.45) is 1.98. The minimum absolute atomic E-state index is 0.0492. The lowest BCUT2D eigenvalue weighted by Crippen LogP contribution is -2.33. The maximum Gasteiger partial charge on any atom is 0.284 e. The number of hydrazone groups is 1. The molecule has 0 spiro atoms. The zero-order chi connectivity index (χ0) is 25.4. The molecule has 2 aromatic heterocycles. The van der Waals surface area contributed by atoms with Crippen molar-refractivity contribution in [3.63, 3.8) is 0 Å². The number of benzene rings is 2. The molecule has 1 amide bonds. The average Bonchev–Trinajstić information content (AvgIpc) is 3.62. The number of carbonyl (C=O) groups is 1. The van der Waals surface area contributed by atoms with E-state index in [2.05, 4.69) is 15.4 Å². The summed E-state index contributed by atoms with van der Waals surface area (Å²) in [5, 5.41) is 14.3. The summed E-state index contributed by atoms with van der Waals surface area (Å²) in [7, 11) is -0.800. The molecule has 0 aliphatic carbocycles. The summed E-state index contributed by atoms with van der Waals surface area (Å²) in [5.41, 5.74) is 2.26. The summed E-state index contributed by atoms with van der Waals surface area (Å²) >= 11 is 6.00. The second kappa shape index (κ2) is 9.37. The van der Waals surface area contributed by atoms with E-state index in [-0.39, 0.29) is 4.90 Å². The van der Waals surface area contributed by atoms with Gasteiger partial charge >= 0.3 is 0 Å². The van der Waals surface area contributed by atoms with Crippen molar-refractivity contribution in [3.05, 3.63) is 77.2 Å². The number of amides is 1. The van der Waals surface area contributed by atoms with Crippen LogP contribution >= 0.6 is 11.6 Å². The van der Waals surface area contributed by atoms with Crippen molar-refractivity contribution in [2.24, 2.45) is 5.10 Å². The molecule has 2 aromatic carbocycles. The van der Waals surface area contributed by atoms with E-state index in [0.29, 0.717) is 33.9 Å². The number of carbonyl (C=O) groups excluding carboxylic acids is 1. The third-order valence-electron chi connectivity index (χ3n) is 5.69. The van der Waals surface area contributed by atoms with Crippen molar-refractivity contribution in [2.75, 3.05) is 20.7 Å². The summed E-state index contributed by atoms with van der Waals surface area (Å²) in [5.74, 6) is 0.141. The van der Waals surface area contributed by atoms with E-state index < -0.39 is 28.6 Å². The Labute approximate surface area is 211 Å². The molecule has 13 heteroatoms. The highest BCUT2D eigenvalue weighted by Crippen LogP contribution is 2.33. The Morgan fingerprint density at radius 1 is 1.19 bits per heavy atom. The van der Waals surface area contributed by atoms with Gasteiger partial charge in [0.1, 0.15) is 22.8 Å². The highest BCUT2D eigenvalue weighted by atomic mass is 35.5. The van der Waals surface area contributed by atoms with E-state index in [9.17, 15) is 13.2 Å². The van der Waals surface area contributed by atoms with Gasteiger partial charge in [-0.15, -0.1) is 5.10 Å². The number of fused-ring (bicyclic) bond motifs is 1. The third kappa shape index (κ3) is 4.45. The predicted octanol–water partition coefficient (Wildman–Crippen LogP) is 2.73. The molecule has 3 heterocycles. The fourth-order valence-corrected chi connectivity index (χ4v) is 4.83. The first-order valence-corrected chi connectivity index (χ1v) is 12.7. The van der Waals surface area contributed by atoms with Gasteiger partial charge in [-0.2, -0.15) is 5.10 Å². The lowest BCUT2D eigenvalue weighted by molar-refractivity contribution is -0.139. The van der Waals surface area contributed by atoms with Crippen LogP contribution in [0.1, 0.15) is 23.8 Å². The van der Waals surface area contributed by atoms with Crippen molar-refractivity contribution in [3.8, 4) is 0 Å². The monoisotopic (exact) mass is 528 g/mol. The molecular weight excluding hydrogens is 508 g/mol. The Balaban J connectivity index is 1.39. The fraction of sp³-hybridized carbons (Fsp3) is 0.217. The smallest absolute Gasteiger partial charge is 0.284 e. The second-order valence-electron chi connectivity index (χ2n) is 8.20. The van der Waals surface area contributed by atoms with E-state index in [0.717, 1.165) is 14.7 Å². The molecule has 1 aliphatic rings. The van der Waals surface area contributed by atoms with Gasteiger partial charge in [0, 0.05) is 25.5 Å². The molecule has 0 saturated carbocycles. The van der Waals surface area contributed by atoms with Crippen molar-refractivity contribution >= 4 is 44.3 Å². The van der Waals surface area contributed by atoms with Crippen LogP contribution in [0.3, 0.4) is 0 Å². The van der Waals surface area contributed by atoms with Crippen molar-refractivity contribution in [1.82, 2.24) is 24.5 Å². The zero-order valence-corrected chi connectivity index (χ0v) is 20.8. The minimum atomic E-state index is -3.68. The molecule has 0 N–H and O–H groups in total. The standard InChI is InChI=1S/C23H21ClN6O5S/c1-28(2)36(32,33)17-9-10-18-20(12-17)30(27-25-18)35-14-23(31)29-21(22-4-3-11-34-22)13-19(26-29)15-5-7-16(24)8-6-15/h3-12,21H,13-14H2,1-2H3. The topological polar surface area (TPSA) is 123 Å². The highest BCUT2D eigenvalue weighted by Gasteiger charge is 2.35. The van der Waals surface area contributed by atoms with Gasteiger partial charge in [-0.25, -0.2) is 17.7 Å². The van der Waals surface area contributed by atoms with Crippen LogP contribution in [-0.2, 0) is 14.8 Å². The van der Waals surface area contributed by atoms with Crippen molar-refractivity contribution < 1.29 is 22.5 Å². The summed E-state index contributed by atoms with van der Waals surface area (Å²) < 4.78 is 31.7. The van der Waals surface area contributed by atoms with E-state index in [1.807, 2.05) is 12.1 Å². The molecule has 1 atom stereocenters. The van der Waals surface area contributed by atoms with Gasteiger partial charge in [-0.3, -0.25) is 4.79 Å². The number of aromatic nitrogens is 3. The maximum atomic E-state index is 13.2. The van der Waals surface area contributed by atoms with E-state index >= 15 is 0 Å². The number of hydrogen-bond donors (Lipinski definition) is 0. The van der Waals surface area contributed by atoms with Gasteiger partial charge in [0.05, 0.1) is 16.9 Å². The first kappa shape index (κ1) is 24.0. The third-order valence-corrected chi connectivity index (χ3v) is 7.75. The minimum Gasteiger partial charge on any atom is -0.467 e. The molecule has 1 aliphatic heterocycles. The largest absolute Gasteiger partial charge is 0.467 e. The van der Waals surface area contributed by atoms with Crippen LogP contribution < -0.4 is 4.84 Å². The molecule has 0 bridgehead atoms. The zero-order valence-electron chi connectivity index (χ0n) is 19.3. The van der Waals surface area contributed by atoms with Gasteiger partial charge in [-0.1, -0.05) is 28.6 Å². The van der Waals surface area contributed by atoms with Gasteiger partial charge in [0.2, 0.25) is 10.0 Å². The Morgan fingerprint density at radius 2 is 1.97 bits per heavy atom. The van der Waals surface area contributed by atoms with Crippen LogP contribution in [0.25, 0.3) is 11.0 Å². The quantitative estimate of drug-likeness (QED) is 0.361. The first-order chi connectivity index (χ1) is 17.2. The second-order valence-corrected chi connectivity index (χ2v) is 10.8. The molecule has 1 unspecified atom stereocenters. The van der Waals surface area contributed by atoms with Crippen molar-refractivity contribution in [2.45, 2.75) is 17.4 Å². The molecule has 5 rings (SSSR count). The van der Waals surface area contributed by atoms with Crippen LogP contribution in [0, 0.1) is 0 Å². The van der Waals surface area contributed by atoms with Crippen LogP contribution in [0.5, 0.6) is 0 Å². The lowest BCUT2D eigenvalue weighted by Gasteiger charge is -2.19. The van der Waals surface area contributed by atoms with E-state index in [1.165, 1.54) is 43.6 Å². The van der Waals surface area contributed by atoms with Crippen LogP contribution in [0.2, 0.25) is 5.02 Å². The summed E-state index contributed by atoms with van der Waals surface area (Å²) in [4.78, 5) is 19.9. The Morgan fingerprint density at radius 3 is 2.67 bits per heavy atom. The number of hydrogen-bond acceptors (Lipinski definition) is 8. The van der Waals surface area contributed by atoms with E-state index in [4.69, 9.17) is 20.9 Å². The van der Waals surface area contributed by atoms with Gasteiger partial charge < -0.3 is 9.25 Å². The van der Waals surface area contributed by atoms with Gasteiger partial charge in [-0.05, 0) is 53.2 Å². The molecule has 4 aromatic rings. The Bertz CT molecular complexity index is 1550. The van der Waals surface area contributed by atoms with Crippen LogP contribution in [-0.4, -0.2) is 65.2 Å². The SMILES string of the molecule is CN(C)S(=O)(=O)c1ccc2nnn(OCC(=O)N3N=C(c4ccc(Cl)cc4)CC3c3ccco3)c2c1. The van der Waals surface area contributed by atoms with Crippen LogP contribution in [0.15, 0.2) is 75.3 Å². The number of nitrogens with zero attached hydrogens (tertiary/aromatic N) is 6. The maximum absolute atomic E-state index is 13.2. The molecular formula is C23H21ClN6O5S. The highest BCUT2D eigenvalue weighted by molar-refractivity contribution is 7.89. The number of halogens is 1. The molecule has 186 valence electrons. The first-order valence-electron chi connectivity index (χ1n) is 10.8. The molecule has 11 nitrogen and oxygen atoms in total. The fourth-order valence-electron chi connectivity index (χ4n) is 3.79. The van der Waals surface area contributed by atoms with Gasteiger partial charge in [0.25, 0.3) is 5.91 Å². The Kier molecular flexibility index (Phi) is 6.24. The lowest BCUT2D eigenvalue weighted by atomic mass is 10.0. The predicted molar refractivity (Wildman–Crippen MR) is 131 cm³/mol. The van der Waals surface area contributed by atoms with Crippen LogP contribution in [0.4, 0.5) is 0 Å². The molecule has 0 fully saturated rings. The van der Waals surface area contributed by atoms with Gasteiger partial charge in [0.15, 0.2) is 6.61 Å². The number of sulfonamides is 1. The Hall–Kier alpha value is -3.74. The average molecular weight is 529 g/mol. The molecule has 36 heavy (non-hydrogen) atoms. The summed E-state index contributed by atoms with van der Waals surface area (Å²) in [6, 6.07) is 14.6. The number of rotatable bonds is 7. The summed E-state index contributed by atoms with van der Waals surface area (Å²) in [6.45, 7) is -0.419. The van der Waals surface area contributed by atoms with E-state index in [1.54, 1.807) is 24.3 Å². The normalized spacial score (nSPS) is 16.1. The molecule has 0 saturated heterocycles.